The number of hydrogen-bond acceptors (Lipinski definition) is 5. The topological polar surface area (TPSA) is 75.7 Å². The van der Waals surface area contributed by atoms with Gasteiger partial charge in [-0.1, -0.05) is 47.0 Å². The number of anilines is 1. The summed E-state index contributed by atoms with van der Waals surface area (Å²) in [4.78, 5) is 12.8. The van der Waals surface area contributed by atoms with Gasteiger partial charge in [0.15, 0.2) is 0 Å². The van der Waals surface area contributed by atoms with Gasteiger partial charge < -0.3 is 10.1 Å². The van der Waals surface area contributed by atoms with Crippen LogP contribution in [0.2, 0.25) is 10.0 Å². The lowest BCUT2D eigenvalue weighted by atomic mass is 10.2. The van der Waals surface area contributed by atoms with E-state index < -0.39 is 15.9 Å². The smallest absolute Gasteiger partial charge is 0.264 e. The van der Waals surface area contributed by atoms with Crippen molar-refractivity contribution >= 4 is 56.6 Å². The van der Waals surface area contributed by atoms with Gasteiger partial charge in [-0.05, 0) is 61.0 Å². The standard InChI is InChI=1S/C25H26Cl2N2O4S2/c1-18-6-12-21(13-7-18)35(31,32)29(19-8-10-20(33-2)11-9-19)16-25(30)28-14-15-34-17-22-23(26)4-3-5-24(22)27/h3-13H,14-17H2,1-2H3,(H,28,30). The molecule has 0 saturated carbocycles. The number of methoxy groups -OCH3 is 1. The molecule has 186 valence electrons. The summed E-state index contributed by atoms with van der Waals surface area (Å²) >= 11 is 14.0. The molecule has 3 rings (SSSR count). The van der Waals surface area contributed by atoms with Crippen LogP contribution in [-0.2, 0) is 20.6 Å². The maximum Gasteiger partial charge on any atom is 0.264 e. The number of carbonyl (C=O) groups is 1. The van der Waals surface area contributed by atoms with Crippen LogP contribution in [0, 0.1) is 6.92 Å². The third-order valence-corrected chi connectivity index (χ3v) is 8.62. The molecule has 1 N–H and O–H groups in total. The highest BCUT2D eigenvalue weighted by Crippen LogP contribution is 2.28. The van der Waals surface area contributed by atoms with Gasteiger partial charge in [0, 0.05) is 28.1 Å². The normalized spacial score (nSPS) is 11.2. The van der Waals surface area contributed by atoms with Crippen molar-refractivity contribution in [1.29, 1.82) is 0 Å². The molecular formula is C25H26Cl2N2O4S2. The molecule has 3 aromatic rings. The summed E-state index contributed by atoms with van der Waals surface area (Å²) in [5.74, 6) is 1.39. The van der Waals surface area contributed by atoms with Gasteiger partial charge in [-0.25, -0.2) is 8.42 Å². The van der Waals surface area contributed by atoms with Gasteiger partial charge in [0.2, 0.25) is 5.91 Å². The second kappa shape index (κ2) is 12.5. The maximum absolute atomic E-state index is 13.4. The number of aryl methyl sites for hydroxylation is 1. The summed E-state index contributed by atoms with van der Waals surface area (Å²) in [6, 6.07) is 18.4. The Balaban J connectivity index is 1.66. The Morgan fingerprint density at radius 3 is 2.23 bits per heavy atom. The van der Waals surface area contributed by atoms with Crippen LogP contribution >= 0.6 is 35.0 Å². The Labute approximate surface area is 220 Å². The van der Waals surface area contributed by atoms with E-state index in [4.69, 9.17) is 27.9 Å². The molecule has 0 fully saturated rings. The van der Waals surface area contributed by atoms with Crippen LogP contribution in [0.25, 0.3) is 0 Å². The number of amides is 1. The molecule has 35 heavy (non-hydrogen) atoms. The molecule has 0 aromatic heterocycles. The Bertz CT molecular complexity index is 1230. The maximum atomic E-state index is 13.4. The number of halogens is 2. The van der Waals surface area contributed by atoms with E-state index in [1.165, 1.54) is 19.2 Å². The number of carbonyl (C=O) groups excluding carboxylic acids is 1. The number of ether oxygens (including phenoxy) is 1. The SMILES string of the molecule is COc1ccc(N(CC(=O)NCCSCc2c(Cl)cccc2Cl)S(=O)(=O)c2ccc(C)cc2)cc1. The van der Waals surface area contributed by atoms with Gasteiger partial charge in [-0.15, -0.1) is 0 Å². The molecule has 3 aromatic carbocycles. The predicted molar refractivity (Wildman–Crippen MR) is 144 cm³/mol. The van der Waals surface area contributed by atoms with E-state index in [0.29, 0.717) is 39.5 Å². The van der Waals surface area contributed by atoms with Crippen molar-refractivity contribution in [3.63, 3.8) is 0 Å². The van der Waals surface area contributed by atoms with Crippen LogP contribution in [0.1, 0.15) is 11.1 Å². The van der Waals surface area contributed by atoms with Crippen LogP contribution in [-0.4, -0.2) is 40.3 Å². The molecule has 0 spiro atoms. The average molecular weight is 554 g/mol. The minimum Gasteiger partial charge on any atom is -0.497 e. The lowest BCUT2D eigenvalue weighted by Gasteiger charge is -2.24. The number of benzene rings is 3. The fourth-order valence-corrected chi connectivity index (χ4v) is 6.21. The fourth-order valence-electron chi connectivity index (χ4n) is 3.19. The van der Waals surface area contributed by atoms with Gasteiger partial charge in [-0.3, -0.25) is 9.10 Å². The Kier molecular flexibility index (Phi) is 9.74. The molecule has 10 heteroatoms. The highest BCUT2D eigenvalue weighted by Gasteiger charge is 2.27. The first kappa shape index (κ1) is 27.2. The third-order valence-electron chi connectivity index (χ3n) is 5.13. The van der Waals surface area contributed by atoms with Crippen molar-refractivity contribution in [2.24, 2.45) is 0 Å². The number of hydrogen-bond donors (Lipinski definition) is 1. The predicted octanol–water partition coefficient (Wildman–Crippen LogP) is 5.56. The highest BCUT2D eigenvalue weighted by molar-refractivity contribution is 7.98. The number of rotatable bonds is 11. The van der Waals surface area contributed by atoms with Crippen LogP contribution in [0.3, 0.4) is 0 Å². The fraction of sp³-hybridized carbons (Fsp3) is 0.240. The van der Waals surface area contributed by atoms with E-state index in [1.54, 1.807) is 66.4 Å². The molecule has 0 aliphatic heterocycles. The minimum absolute atomic E-state index is 0.110. The zero-order chi connectivity index (χ0) is 25.4. The molecular weight excluding hydrogens is 527 g/mol. The van der Waals surface area contributed by atoms with E-state index in [0.717, 1.165) is 15.4 Å². The lowest BCUT2D eigenvalue weighted by molar-refractivity contribution is -0.119. The summed E-state index contributed by atoms with van der Waals surface area (Å²) in [7, 11) is -2.44. The van der Waals surface area contributed by atoms with E-state index in [2.05, 4.69) is 5.32 Å². The summed E-state index contributed by atoms with van der Waals surface area (Å²) in [6.45, 7) is 1.89. The second-order valence-corrected chi connectivity index (χ2v) is 11.4. The first-order valence-corrected chi connectivity index (χ1v) is 14.1. The van der Waals surface area contributed by atoms with Gasteiger partial charge in [0.05, 0.1) is 17.7 Å². The van der Waals surface area contributed by atoms with Crippen molar-refractivity contribution in [2.45, 2.75) is 17.6 Å². The molecule has 0 saturated heterocycles. The molecule has 0 bridgehead atoms. The quantitative estimate of drug-likeness (QED) is 0.315. The van der Waals surface area contributed by atoms with E-state index in [-0.39, 0.29) is 11.4 Å². The molecule has 6 nitrogen and oxygen atoms in total. The van der Waals surface area contributed by atoms with E-state index in [9.17, 15) is 13.2 Å². The first-order valence-electron chi connectivity index (χ1n) is 10.7. The van der Waals surface area contributed by atoms with Crippen LogP contribution in [0.15, 0.2) is 71.6 Å². The van der Waals surface area contributed by atoms with Crippen molar-refractivity contribution < 1.29 is 17.9 Å². The number of nitrogens with zero attached hydrogens (tertiary/aromatic N) is 1. The number of nitrogens with one attached hydrogen (secondary N) is 1. The minimum atomic E-state index is -3.97. The Hall–Kier alpha value is -2.39. The van der Waals surface area contributed by atoms with Gasteiger partial charge in [0.25, 0.3) is 10.0 Å². The Morgan fingerprint density at radius 2 is 1.63 bits per heavy atom. The second-order valence-electron chi connectivity index (χ2n) is 7.63. The monoisotopic (exact) mass is 552 g/mol. The molecule has 0 aliphatic carbocycles. The van der Waals surface area contributed by atoms with Crippen molar-refractivity contribution in [1.82, 2.24) is 5.32 Å². The van der Waals surface area contributed by atoms with Gasteiger partial charge in [-0.2, -0.15) is 11.8 Å². The van der Waals surface area contributed by atoms with E-state index >= 15 is 0 Å². The zero-order valence-corrected chi connectivity index (χ0v) is 22.5. The van der Waals surface area contributed by atoms with E-state index in [1.807, 2.05) is 6.92 Å². The van der Waals surface area contributed by atoms with Crippen molar-refractivity contribution in [3.05, 3.63) is 87.9 Å². The van der Waals surface area contributed by atoms with Crippen molar-refractivity contribution in [3.8, 4) is 5.75 Å². The Morgan fingerprint density at radius 1 is 1.00 bits per heavy atom. The summed E-state index contributed by atoms with van der Waals surface area (Å²) < 4.78 is 33.1. The van der Waals surface area contributed by atoms with Crippen LogP contribution in [0.4, 0.5) is 5.69 Å². The van der Waals surface area contributed by atoms with Crippen LogP contribution < -0.4 is 14.4 Å². The molecule has 0 unspecified atom stereocenters. The molecule has 0 aliphatic rings. The summed E-state index contributed by atoms with van der Waals surface area (Å²) in [6.07, 6.45) is 0. The summed E-state index contributed by atoms with van der Waals surface area (Å²) in [5, 5.41) is 4.00. The largest absolute Gasteiger partial charge is 0.497 e. The average Bonchev–Trinajstić information content (AvgIpc) is 2.84. The highest BCUT2D eigenvalue weighted by atomic mass is 35.5. The van der Waals surface area contributed by atoms with Gasteiger partial charge in [0.1, 0.15) is 12.3 Å². The van der Waals surface area contributed by atoms with Gasteiger partial charge >= 0.3 is 0 Å². The summed E-state index contributed by atoms with van der Waals surface area (Å²) in [5.41, 5.74) is 2.15. The van der Waals surface area contributed by atoms with Crippen molar-refractivity contribution in [2.75, 3.05) is 30.3 Å². The lowest BCUT2D eigenvalue weighted by Crippen LogP contribution is -2.41. The molecule has 0 atom stereocenters. The molecule has 0 radical (unpaired) electrons. The zero-order valence-electron chi connectivity index (χ0n) is 19.3. The third kappa shape index (κ3) is 7.30. The molecule has 0 heterocycles. The number of sulfonamides is 1. The first-order chi connectivity index (χ1) is 16.7. The number of thioether (sulfide) groups is 1. The van der Waals surface area contributed by atoms with Crippen LogP contribution in [0.5, 0.6) is 5.75 Å². The molecule has 1 amide bonds.